The van der Waals surface area contributed by atoms with Crippen LogP contribution in [0.3, 0.4) is 0 Å². The summed E-state index contributed by atoms with van der Waals surface area (Å²) in [5, 5.41) is 6.23. The summed E-state index contributed by atoms with van der Waals surface area (Å²) in [6, 6.07) is 3.13. The molecule has 22 heavy (non-hydrogen) atoms. The molecule has 0 aliphatic carbocycles. The van der Waals surface area contributed by atoms with E-state index in [2.05, 4.69) is 10.5 Å². The van der Waals surface area contributed by atoms with Crippen molar-refractivity contribution in [3.63, 3.8) is 0 Å². The average Bonchev–Trinajstić information content (AvgIpc) is 3.08. The summed E-state index contributed by atoms with van der Waals surface area (Å²) in [5.41, 5.74) is 0.309. The van der Waals surface area contributed by atoms with Crippen LogP contribution in [-0.4, -0.2) is 43.9 Å². The molecule has 2 rings (SSSR count). The molecule has 0 atom stereocenters. The summed E-state index contributed by atoms with van der Waals surface area (Å²) in [6.07, 6.45) is 1.39. The van der Waals surface area contributed by atoms with E-state index in [4.69, 9.17) is 8.94 Å². The molecule has 1 amide bonds. The van der Waals surface area contributed by atoms with Gasteiger partial charge in [0.25, 0.3) is 5.91 Å². The maximum Gasteiger partial charge on any atom is 0.287 e. The quantitative estimate of drug-likeness (QED) is 0.846. The van der Waals surface area contributed by atoms with Crippen molar-refractivity contribution in [1.29, 1.82) is 0 Å². The third-order valence-electron chi connectivity index (χ3n) is 3.09. The maximum absolute atomic E-state index is 12.4. The molecule has 0 aromatic carbocycles. The third kappa shape index (κ3) is 3.20. The summed E-state index contributed by atoms with van der Waals surface area (Å²) in [7, 11) is -2.28. The monoisotopic (exact) mass is 327 g/mol. The second kappa shape index (κ2) is 6.32. The Hall–Kier alpha value is -2.13. The van der Waals surface area contributed by atoms with Crippen LogP contribution in [0.5, 0.6) is 0 Å². The maximum atomic E-state index is 12.4. The van der Waals surface area contributed by atoms with Crippen LogP contribution in [0, 0.1) is 13.8 Å². The SMILES string of the molecule is Cc1noc(C)c1S(=O)(=O)N(C)CCNC(=O)c1ccco1. The summed E-state index contributed by atoms with van der Waals surface area (Å²) in [6.45, 7) is 3.37. The number of nitrogens with zero attached hydrogens (tertiary/aromatic N) is 2. The largest absolute Gasteiger partial charge is 0.459 e. The van der Waals surface area contributed by atoms with Gasteiger partial charge in [0.1, 0.15) is 10.6 Å². The Morgan fingerprint density at radius 3 is 2.68 bits per heavy atom. The normalized spacial score (nSPS) is 11.8. The van der Waals surface area contributed by atoms with Crippen LogP contribution in [0.1, 0.15) is 22.0 Å². The highest BCUT2D eigenvalue weighted by atomic mass is 32.2. The molecule has 0 fully saturated rings. The lowest BCUT2D eigenvalue weighted by molar-refractivity contribution is 0.0924. The van der Waals surface area contributed by atoms with Crippen molar-refractivity contribution in [2.75, 3.05) is 20.1 Å². The highest BCUT2D eigenvalue weighted by molar-refractivity contribution is 7.89. The van der Waals surface area contributed by atoms with E-state index in [1.54, 1.807) is 19.9 Å². The second-order valence-electron chi connectivity index (χ2n) is 4.71. The van der Waals surface area contributed by atoms with Gasteiger partial charge in [-0.25, -0.2) is 8.42 Å². The van der Waals surface area contributed by atoms with Gasteiger partial charge in [0, 0.05) is 20.1 Å². The summed E-state index contributed by atoms with van der Waals surface area (Å²) in [5.74, 6) is 0.0216. The van der Waals surface area contributed by atoms with E-state index in [1.165, 1.54) is 19.4 Å². The zero-order chi connectivity index (χ0) is 16.3. The summed E-state index contributed by atoms with van der Waals surface area (Å²) >= 11 is 0. The average molecular weight is 327 g/mol. The fraction of sp³-hybridized carbons (Fsp3) is 0.385. The van der Waals surface area contributed by atoms with Crippen LogP contribution in [0.2, 0.25) is 0 Å². The first kappa shape index (κ1) is 16.2. The number of hydrogen-bond donors (Lipinski definition) is 1. The van der Waals surface area contributed by atoms with E-state index in [1.807, 2.05) is 0 Å². The Balaban J connectivity index is 1.97. The van der Waals surface area contributed by atoms with Crippen molar-refractivity contribution in [1.82, 2.24) is 14.8 Å². The van der Waals surface area contributed by atoms with Crippen molar-refractivity contribution in [3.05, 3.63) is 35.6 Å². The van der Waals surface area contributed by atoms with Crippen LogP contribution in [-0.2, 0) is 10.0 Å². The van der Waals surface area contributed by atoms with E-state index in [-0.39, 0.29) is 29.5 Å². The molecular weight excluding hydrogens is 310 g/mol. The van der Waals surface area contributed by atoms with Crippen molar-refractivity contribution in [3.8, 4) is 0 Å². The number of nitrogens with one attached hydrogen (secondary N) is 1. The number of amides is 1. The number of furan rings is 1. The molecule has 0 radical (unpaired) electrons. The van der Waals surface area contributed by atoms with Gasteiger partial charge in [0.05, 0.1) is 6.26 Å². The minimum Gasteiger partial charge on any atom is -0.459 e. The molecule has 0 bridgehead atoms. The molecule has 0 unspecified atom stereocenters. The fourth-order valence-corrected chi connectivity index (χ4v) is 3.40. The predicted molar refractivity (Wildman–Crippen MR) is 76.8 cm³/mol. The van der Waals surface area contributed by atoms with Gasteiger partial charge in [0.2, 0.25) is 10.0 Å². The summed E-state index contributed by atoms with van der Waals surface area (Å²) < 4.78 is 35.8. The topological polar surface area (TPSA) is 106 Å². The molecule has 0 aliphatic rings. The van der Waals surface area contributed by atoms with E-state index in [0.717, 1.165) is 4.31 Å². The fourth-order valence-electron chi connectivity index (χ4n) is 1.94. The van der Waals surface area contributed by atoms with Gasteiger partial charge in [-0.2, -0.15) is 4.31 Å². The predicted octanol–water partition coefficient (Wildman–Crippen LogP) is 0.935. The van der Waals surface area contributed by atoms with E-state index in [9.17, 15) is 13.2 Å². The molecule has 0 saturated carbocycles. The van der Waals surface area contributed by atoms with E-state index >= 15 is 0 Å². The van der Waals surface area contributed by atoms with Gasteiger partial charge < -0.3 is 14.3 Å². The molecule has 1 N–H and O–H groups in total. The molecule has 0 saturated heterocycles. The standard InChI is InChI=1S/C13H17N3O5S/c1-9-12(10(2)21-15-9)22(18,19)16(3)7-6-14-13(17)11-5-4-8-20-11/h4-5,8H,6-7H2,1-3H3,(H,14,17). The van der Waals surface area contributed by atoms with Gasteiger partial charge in [0.15, 0.2) is 11.5 Å². The van der Waals surface area contributed by atoms with Gasteiger partial charge in [-0.3, -0.25) is 4.79 Å². The zero-order valence-corrected chi connectivity index (χ0v) is 13.3. The second-order valence-corrected chi connectivity index (χ2v) is 6.69. The Morgan fingerprint density at radius 1 is 1.41 bits per heavy atom. The number of carbonyl (C=O) groups is 1. The highest BCUT2D eigenvalue weighted by Gasteiger charge is 2.28. The van der Waals surface area contributed by atoms with Crippen LogP contribution < -0.4 is 5.32 Å². The minimum atomic E-state index is -3.71. The third-order valence-corrected chi connectivity index (χ3v) is 5.20. The van der Waals surface area contributed by atoms with Crippen LogP contribution >= 0.6 is 0 Å². The molecule has 2 heterocycles. The number of sulfonamides is 1. The smallest absolute Gasteiger partial charge is 0.287 e. The number of hydrogen-bond acceptors (Lipinski definition) is 6. The van der Waals surface area contributed by atoms with Gasteiger partial charge in [-0.15, -0.1) is 0 Å². The van der Waals surface area contributed by atoms with E-state index in [0.29, 0.717) is 5.69 Å². The molecule has 2 aromatic heterocycles. The summed E-state index contributed by atoms with van der Waals surface area (Å²) in [4.78, 5) is 11.7. The van der Waals surface area contributed by atoms with Crippen LogP contribution in [0.15, 0.2) is 32.2 Å². The number of rotatable bonds is 6. The van der Waals surface area contributed by atoms with Crippen molar-refractivity contribution < 1.29 is 22.2 Å². The Morgan fingerprint density at radius 2 is 2.14 bits per heavy atom. The van der Waals surface area contributed by atoms with Gasteiger partial charge >= 0.3 is 0 Å². The Bertz CT molecular complexity index is 729. The van der Waals surface area contributed by atoms with Crippen LogP contribution in [0.4, 0.5) is 0 Å². The number of likely N-dealkylation sites (N-methyl/N-ethyl adjacent to an activating group) is 1. The molecule has 9 heteroatoms. The molecule has 2 aromatic rings. The molecular formula is C13H17N3O5S. The minimum absolute atomic E-state index is 0.0624. The Labute approximate surface area is 128 Å². The molecule has 120 valence electrons. The van der Waals surface area contributed by atoms with Gasteiger partial charge in [-0.1, -0.05) is 5.16 Å². The van der Waals surface area contributed by atoms with Crippen LogP contribution in [0.25, 0.3) is 0 Å². The van der Waals surface area contributed by atoms with E-state index < -0.39 is 15.9 Å². The molecule has 0 spiro atoms. The molecule has 0 aliphatic heterocycles. The number of aromatic nitrogens is 1. The van der Waals surface area contributed by atoms with Crippen molar-refractivity contribution in [2.24, 2.45) is 0 Å². The highest BCUT2D eigenvalue weighted by Crippen LogP contribution is 2.21. The Kier molecular flexibility index (Phi) is 4.67. The lowest BCUT2D eigenvalue weighted by Crippen LogP contribution is -2.36. The zero-order valence-electron chi connectivity index (χ0n) is 12.5. The van der Waals surface area contributed by atoms with Crippen molar-refractivity contribution in [2.45, 2.75) is 18.7 Å². The lowest BCUT2D eigenvalue weighted by atomic mass is 10.4. The molecule has 8 nitrogen and oxygen atoms in total. The van der Waals surface area contributed by atoms with Gasteiger partial charge in [-0.05, 0) is 26.0 Å². The first-order valence-corrected chi connectivity index (χ1v) is 7.99. The first-order chi connectivity index (χ1) is 10.3. The number of aryl methyl sites for hydroxylation is 2. The lowest BCUT2D eigenvalue weighted by Gasteiger charge is -2.16. The first-order valence-electron chi connectivity index (χ1n) is 6.55. The number of carbonyl (C=O) groups excluding carboxylic acids is 1. The van der Waals surface area contributed by atoms with Crippen molar-refractivity contribution >= 4 is 15.9 Å².